The van der Waals surface area contributed by atoms with Gasteiger partial charge in [0.25, 0.3) is 0 Å². The average molecular weight is 271 g/mol. The molecule has 102 valence electrons. The molecule has 0 aliphatic heterocycles. The van der Waals surface area contributed by atoms with Crippen molar-refractivity contribution in [3.8, 4) is 0 Å². The molecule has 1 aliphatic rings. The number of rotatable bonds is 4. The average Bonchev–Trinajstić information content (AvgIpc) is 2.90. The van der Waals surface area contributed by atoms with Crippen LogP contribution in [0.5, 0.6) is 0 Å². The largest absolute Gasteiger partial charge is 0.392 e. The number of aryl methyl sites for hydroxylation is 2. The van der Waals surface area contributed by atoms with Crippen LogP contribution in [0.3, 0.4) is 0 Å². The molecule has 1 saturated carbocycles. The van der Waals surface area contributed by atoms with Crippen molar-refractivity contribution < 1.29 is 5.11 Å². The summed E-state index contributed by atoms with van der Waals surface area (Å²) in [6.45, 7) is 4.19. The summed E-state index contributed by atoms with van der Waals surface area (Å²) < 4.78 is 1.68. The summed E-state index contributed by atoms with van der Waals surface area (Å²) in [5, 5.41) is 15.3. The SMILES string of the molecule is CCC1CCC(C(O)Cc2c(C)nn(C)c2Cl)C1. The van der Waals surface area contributed by atoms with Crippen molar-refractivity contribution in [3.63, 3.8) is 0 Å². The fourth-order valence-electron chi connectivity index (χ4n) is 3.12. The molecule has 4 heteroatoms. The van der Waals surface area contributed by atoms with E-state index in [2.05, 4.69) is 12.0 Å². The molecule has 2 rings (SSSR count). The summed E-state index contributed by atoms with van der Waals surface area (Å²) in [5.74, 6) is 1.24. The molecule has 3 unspecified atom stereocenters. The van der Waals surface area contributed by atoms with Gasteiger partial charge in [-0.25, -0.2) is 0 Å². The van der Waals surface area contributed by atoms with E-state index in [0.717, 1.165) is 30.0 Å². The van der Waals surface area contributed by atoms with Crippen molar-refractivity contribution in [1.82, 2.24) is 9.78 Å². The Hall–Kier alpha value is -0.540. The minimum absolute atomic E-state index is 0.276. The lowest BCUT2D eigenvalue weighted by Crippen LogP contribution is -2.21. The summed E-state index contributed by atoms with van der Waals surface area (Å²) in [4.78, 5) is 0. The van der Waals surface area contributed by atoms with Crippen LogP contribution in [0.1, 0.15) is 43.9 Å². The van der Waals surface area contributed by atoms with Crippen molar-refractivity contribution in [2.24, 2.45) is 18.9 Å². The molecule has 1 fully saturated rings. The van der Waals surface area contributed by atoms with E-state index in [0.29, 0.717) is 17.5 Å². The minimum atomic E-state index is -0.276. The first-order chi connectivity index (χ1) is 8.52. The molecule has 1 aliphatic carbocycles. The first-order valence-corrected chi connectivity index (χ1v) is 7.26. The third kappa shape index (κ3) is 2.72. The highest BCUT2D eigenvalue weighted by Gasteiger charge is 2.30. The van der Waals surface area contributed by atoms with Crippen LogP contribution in [0, 0.1) is 18.8 Å². The Kier molecular flexibility index (Phi) is 4.33. The van der Waals surface area contributed by atoms with Gasteiger partial charge in [0, 0.05) is 19.0 Å². The molecule has 0 amide bonds. The Labute approximate surface area is 114 Å². The lowest BCUT2D eigenvalue weighted by atomic mass is 9.93. The molecule has 1 aromatic rings. The van der Waals surface area contributed by atoms with E-state index in [1.165, 1.54) is 12.8 Å². The number of hydrogen-bond acceptors (Lipinski definition) is 2. The Morgan fingerprint density at radius 1 is 1.50 bits per heavy atom. The summed E-state index contributed by atoms with van der Waals surface area (Å²) >= 11 is 6.21. The Morgan fingerprint density at radius 3 is 2.72 bits per heavy atom. The van der Waals surface area contributed by atoms with Crippen LogP contribution in [0.25, 0.3) is 0 Å². The third-order valence-electron chi connectivity index (χ3n) is 4.39. The number of aromatic nitrogens is 2. The molecule has 0 aromatic carbocycles. The van der Waals surface area contributed by atoms with Crippen molar-refractivity contribution in [2.75, 3.05) is 0 Å². The van der Waals surface area contributed by atoms with E-state index in [-0.39, 0.29) is 6.10 Å². The smallest absolute Gasteiger partial charge is 0.130 e. The predicted octanol–water partition coefficient (Wildman–Crippen LogP) is 3.11. The van der Waals surface area contributed by atoms with Crippen LogP contribution in [-0.2, 0) is 13.5 Å². The molecular weight excluding hydrogens is 248 g/mol. The highest BCUT2D eigenvalue weighted by molar-refractivity contribution is 6.30. The molecule has 18 heavy (non-hydrogen) atoms. The topological polar surface area (TPSA) is 38.1 Å². The van der Waals surface area contributed by atoms with Gasteiger partial charge in [-0.1, -0.05) is 31.4 Å². The normalized spacial score (nSPS) is 25.6. The van der Waals surface area contributed by atoms with E-state index in [4.69, 9.17) is 11.6 Å². The van der Waals surface area contributed by atoms with Crippen LogP contribution in [0.4, 0.5) is 0 Å². The maximum atomic E-state index is 10.4. The lowest BCUT2D eigenvalue weighted by Gasteiger charge is -2.18. The molecule has 0 radical (unpaired) electrons. The van der Waals surface area contributed by atoms with Crippen molar-refractivity contribution in [1.29, 1.82) is 0 Å². The van der Waals surface area contributed by atoms with E-state index < -0.39 is 0 Å². The van der Waals surface area contributed by atoms with Gasteiger partial charge in [-0.05, 0) is 31.6 Å². The van der Waals surface area contributed by atoms with E-state index in [1.807, 2.05) is 14.0 Å². The van der Waals surface area contributed by atoms with Gasteiger partial charge in [-0.15, -0.1) is 0 Å². The Bertz CT molecular complexity index is 416. The molecular formula is C14H23ClN2O. The van der Waals surface area contributed by atoms with Crippen molar-refractivity contribution in [2.45, 2.75) is 52.1 Å². The number of aliphatic hydroxyl groups is 1. The van der Waals surface area contributed by atoms with Crippen LogP contribution >= 0.6 is 11.6 Å². The number of aliphatic hydroxyl groups excluding tert-OH is 1. The maximum Gasteiger partial charge on any atom is 0.130 e. The van der Waals surface area contributed by atoms with Gasteiger partial charge >= 0.3 is 0 Å². The zero-order valence-electron chi connectivity index (χ0n) is 11.5. The second kappa shape index (κ2) is 5.62. The Morgan fingerprint density at radius 2 is 2.22 bits per heavy atom. The summed E-state index contributed by atoms with van der Waals surface area (Å²) in [6.07, 6.45) is 5.17. The van der Waals surface area contributed by atoms with E-state index in [1.54, 1.807) is 4.68 Å². The van der Waals surface area contributed by atoms with Gasteiger partial charge in [0.2, 0.25) is 0 Å². The van der Waals surface area contributed by atoms with Gasteiger partial charge in [0.15, 0.2) is 0 Å². The predicted molar refractivity (Wildman–Crippen MR) is 73.8 cm³/mol. The molecule has 0 saturated heterocycles. The molecule has 3 nitrogen and oxygen atoms in total. The summed E-state index contributed by atoms with van der Waals surface area (Å²) in [5.41, 5.74) is 1.94. The first kappa shape index (κ1) is 13.9. The molecule has 0 spiro atoms. The maximum absolute atomic E-state index is 10.4. The molecule has 0 bridgehead atoms. The summed E-state index contributed by atoms with van der Waals surface area (Å²) in [6, 6.07) is 0. The zero-order chi connectivity index (χ0) is 13.3. The van der Waals surface area contributed by atoms with Crippen LogP contribution in [0.15, 0.2) is 0 Å². The number of hydrogen-bond donors (Lipinski definition) is 1. The fraction of sp³-hybridized carbons (Fsp3) is 0.786. The second-order valence-corrected chi connectivity index (χ2v) is 5.96. The van der Waals surface area contributed by atoms with E-state index in [9.17, 15) is 5.11 Å². The first-order valence-electron chi connectivity index (χ1n) is 6.89. The van der Waals surface area contributed by atoms with Crippen LogP contribution in [-0.4, -0.2) is 21.0 Å². The Balaban J connectivity index is 2.01. The second-order valence-electron chi connectivity index (χ2n) is 5.60. The molecule has 1 heterocycles. The summed E-state index contributed by atoms with van der Waals surface area (Å²) in [7, 11) is 1.84. The van der Waals surface area contributed by atoms with Gasteiger partial charge in [0.1, 0.15) is 5.15 Å². The number of halogens is 1. The van der Waals surface area contributed by atoms with Crippen molar-refractivity contribution >= 4 is 11.6 Å². The number of nitrogens with zero attached hydrogens (tertiary/aromatic N) is 2. The van der Waals surface area contributed by atoms with Gasteiger partial charge < -0.3 is 5.11 Å². The quantitative estimate of drug-likeness (QED) is 0.913. The lowest BCUT2D eigenvalue weighted by molar-refractivity contribution is 0.108. The fourth-order valence-corrected chi connectivity index (χ4v) is 3.37. The molecule has 3 atom stereocenters. The van der Waals surface area contributed by atoms with Gasteiger partial charge in [-0.3, -0.25) is 4.68 Å². The van der Waals surface area contributed by atoms with Gasteiger partial charge in [-0.2, -0.15) is 5.10 Å². The third-order valence-corrected chi connectivity index (χ3v) is 4.86. The van der Waals surface area contributed by atoms with E-state index >= 15 is 0 Å². The minimum Gasteiger partial charge on any atom is -0.392 e. The van der Waals surface area contributed by atoms with Crippen LogP contribution in [0.2, 0.25) is 5.15 Å². The molecule has 1 aromatic heterocycles. The van der Waals surface area contributed by atoms with Crippen LogP contribution < -0.4 is 0 Å². The highest BCUT2D eigenvalue weighted by atomic mass is 35.5. The standard InChI is InChI=1S/C14H23ClN2O/c1-4-10-5-6-11(7-10)13(18)8-12-9(2)16-17(3)14(12)15/h10-11,13,18H,4-8H2,1-3H3. The monoisotopic (exact) mass is 270 g/mol. The van der Waals surface area contributed by atoms with Gasteiger partial charge in [0.05, 0.1) is 11.8 Å². The highest BCUT2D eigenvalue weighted by Crippen LogP contribution is 2.36. The van der Waals surface area contributed by atoms with Crippen molar-refractivity contribution in [3.05, 3.63) is 16.4 Å². The molecule has 1 N–H and O–H groups in total. The zero-order valence-corrected chi connectivity index (χ0v) is 12.2.